The van der Waals surface area contributed by atoms with Gasteiger partial charge in [0, 0.05) is 31.0 Å². The highest BCUT2D eigenvalue weighted by atomic mass is 16.2. The van der Waals surface area contributed by atoms with E-state index in [1.54, 1.807) is 17.0 Å². The Kier molecular flexibility index (Phi) is 2.59. The number of fused-ring (bicyclic) bond motifs is 8. The predicted molar refractivity (Wildman–Crippen MR) is 96.9 cm³/mol. The highest BCUT2D eigenvalue weighted by Gasteiger charge is 2.56. The van der Waals surface area contributed by atoms with Crippen molar-refractivity contribution in [2.75, 3.05) is 11.4 Å². The lowest BCUT2D eigenvalue weighted by atomic mass is 9.71. The summed E-state index contributed by atoms with van der Waals surface area (Å²) in [5.41, 5.74) is 2.47. The minimum absolute atomic E-state index is 0.0413. The van der Waals surface area contributed by atoms with Gasteiger partial charge in [0.25, 0.3) is 0 Å². The highest BCUT2D eigenvalue weighted by molar-refractivity contribution is 6.12. The standard InChI is InChI=1S/C19H15N7O/c1-2-24-13-6-4-3-5-12(13)19(18(24)27)9-14-20-7-8-25(14)16-15(19)17-21-10-23-26(17)11-22-16/h3-8,10-11H,2,9H2,1H3. The molecule has 0 saturated heterocycles. The number of likely N-dealkylation sites (N-methyl/N-ethyl adjacent to an activating group) is 1. The molecule has 5 heterocycles. The largest absolute Gasteiger partial charge is 0.311 e. The van der Waals surface area contributed by atoms with E-state index in [4.69, 9.17) is 0 Å². The molecule has 132 valence electrons. The molecule has 1 spiro atoms. The van der Waals surface area contributed by atoms with Crippen LogP contribution in [-0.2, 0) is 16.6 Å². The Morgan fingerprint density at radius 3 is 2.96 bits per heavy atom. The van der Waals surface area contributed by atoms with Gasteiger partial charge in [-0.05, 0) is 18.6 Å². The van der Waals surface area contributed by atoms with Gasteiger partial charge >= 0.3 is 0 Å². The molecular formula is C19H15N7O. The molecule has 27 heavy (non-hydrogen) atoms. The fourth-order valence-electron chi connectivity index (χ4n) is 4.59. The van der Waals surface area contributed by atoms with Gasteiger partial charge in [-0.2, -0.15) is 5.10 Å². The van der Waals surface area contributed by atoms with Crippen LogP contribution in [0.4, 0.5) is 5.69 Å². The number of para-hydroxylation sites is 1. The number of imidazole rings is 1. The van der Waals surface area contributed by atoms with Gasteiger partial charge in [0.05, 0.1) is 5.56 Å². The van der Waals surface area contributed by atoms with Crippen LogP contribution in [0.25, 0.3) is 11.5 Å². The Labute approximate surface area is 154 Å². The summed E-state index contributed by atoms with van der Waals surface area (Å²) in [6, 6.07) is 7.98. The fourth-order valence-corrected chi connectivity index (χ4v) is 4.59. The van der Waals surface area contributed by atoms with E-state index in [1.165, 1.54) is 6.33 Å². The van der Waals surface area contributed by atoms with Crippen molar-refractivity contribution >= 4 is 17.2 Å². The van der Waals surface area contributed by atoms with E-state index in [1.807, 2.05) is 46.9 Å². The molecule has 4 aromatic rings. The van der Waals surface area contributed by atoms with E-state index in [9.17, 15) is 4.79 Å². The van der Waals surface area contributed by atoms with Crippen molar-refractivity contribution in [3.8, 4) is 5.82 Å². The van der Waals surface area contributed by atoms with Gasteiger partial charge in [-0.15, -0.1) is 0 Å². The minimum Gasteiger partial charge on any atom is -0.311 e. The van der Waals surface area contributed by atoms with Gasteiger partial charge < -0.3 is 4.90 Å². The van der Waals surface area contributed by atoms with Crippen molar-refractivity contribution in [1.29, 1.82) is 0 Å². The molecule has 0 N–H and O–H groups in total. The average Bonchev–Trinajstić information content (AvgIpc) is 3.40. The monoisotopic (exact) mass is 357 g/mol. The van der Waals surface area contributed by atoms with E-state index in [0.717, 1.165) is 22.6 Å². The molecule has 1 aromatic carbocycles. The third-order valence-corrected chi connectivity index (χ3v) is 5.69. The minimum atomic E-state index is -0.897. The van der Waals surface area contributed by atoms with Crippen molar-refractivity contribution < 1.29 is 4.79 Å². The number of carbonyl (C=O) groups is 1. The molecule has 8 heteroatoms. The molecule has 0 saturated carbocycles. The van der Waals surface area contributed by atoms with Crippen LogP contribution in [0, 0.1) is 0 Å². The molecule has 2 aliphatic rings. The fraction of sp³-hybridized carbons (Fsp3) is 0.211. The topological polar surface area (TPSA) is 81.2 Å². The Morgan fingerprint density at radius 1 is 1.19 bits per heavy atom. The van der Waals surface area contributed by atoms with Crippen LogP contribution in [0.2, 0.25) is 0 Å². The maximum atomic E-state index is 13.8. The second-order valence-corrected chi connectivity index (χ2v) is 6.83. The van der Waals surface area contributed by atoms with Crippen LogP contribution in [0.5, 0.6) is 0 Å². The second-order valence-electron chi connectivity index (χ2n) is 6.83. The zero-order chi connectivity index (χ0) is 18.2. The molecule has 8 nitrogen and oxygen atoms in total. The van der Waals surface area contributed by atoms with Crippen molar-refractivity contribution in [3.05, 3.63) is 66.3 Å². The molecule has 6 rings (SSSR count). The van der Waals surface area contributed by atoms with Crippen LogP contribution in [-0.4, -0.2) is 41.6 Å². The first-order chi connectivity index (χ1) is 13.3. The molecule has 3 aromatic heterocycles. The number of aromatic nitrogens is 6. The summed E-state index contributed by atoms with van der Waals surface area (Å²) < 4.78 is 3.58. The summed E-state index contributed by atoms with van der Waals surface area (Å²) in [4.78, 5) is 29.3. The first-order valence-corrected chi connectivity index (χ1v) is 8.88. The number of hydrogen-bond donors (Lipinski definition) is 0. The van der Waals surface area contributed by atoms with Crippen molar-refractivity contribution in [2.24, 2.45) is 0 Å². The van der Waals surface area contributed by atoms with E-state index >= 15 is 0 Å². The maximum absolute atomic E-state index is 13.8. The van der Waals surface area contributed by atoms with Crippen LogP contribution in [0.3, 0.4) is 0 Å². The van der Waals surface area contributed by atoms with Crippen LogP contribution >= 0.6 is 0 Å². The Morgan fingerprint density at radius 2 is 2.07 bits per heavy atom. The van der Waals surface area contributed by atoms with Crippen molar-refractivity contribution in [3.63, 3.8) is 0 Å². The summed E-state index contributed by atoms with van der Waals surface area (Å²) >= 11 is 0. The van der Waals surface area contributed by atoms with E-state index in [2.05, 4.69) is 20.1 Å². The molecule has 1 amide bonds. The third kappa shape index (κ3) is 1.57. The van der Waals surface area contributed by atoms with Crippen LogP contribution < -0.4 is 4.90 Å². The molecule has 1 atom stereocenters. The van der Waals surface area contributed by atoms with Gasteiger partial charge in [-0.3, -0.25) is 9.36 Å². The maximum Gasteiger partial charge on any atom is 0.242 e. The molecule has 2 aliphatic heterocycles. The molecule has 1 unspecified atom stereocenters. The number of amides is 1. The van der Waals surface area contributed by atoms with Gasteiger partial charge in [-0.25, -0.2) is 19.5 Å². The number of anilines is 1. The number of carbonyl (C=O) groups excluding carboxylic acids is 1. The Bertz CT molecular complexity index is 1240. The van der Waals surface area contributed by atoms with Gasteiger partial charge in [0.2, 0.25) is 5.91 Å². The molecule has 0 aliphatic carbocycles. The summed E-state index contributed by atoms with van der Waals surface area (Å²) in [6.07, 6.45) is 7.22. The summed E-state index contributed by atoms with van der Waals surface area (Å²) in [7, 11) is 0. The quantitative estimate of drug-likeness (QED) is 0.516. The molecule has 0 fully saturated rings. The van der Waals surface area contributed by atoms with Crippen molar-refractivity contribution in [1.82, 2.24) is 29.1 Å². The summed E-state index contributed by atoms with van der Waals surface area (Å²) in [5, 5.41) is 4.24. The zero-order valence-corrected chi connectivity index (χ0v) is 14.6. The normalized spacial score (nSPS) is 20.2. The summed E-state index contributed by atoms with van der Waals surface area (Å²) in [5.74, 6) is 1.55. The van der Waals surface area contributed by atoms with Crippen LogP contribution in [0.1, 0.15) is 23.9 Å². The van der Waals surface area contributed by atoms with Gasteiger partial charge in [0.15, 0.2) is 5.65 Å². The Hall–Kier alpha value is -3.55. The average molecular weight is 357 g/mol. The van der Waals surface area contributed by atoms with Gasteiger partial charge in [-0.1, -0.05) is 18.2 Å². The van der Waals surface area contributed by atoms with E-state index in [-0.39, 0.29) is 5.91 Å². The second kappa shape index (κ2) is 4.79. The number of hydrogen-bond acceptors (Lipinski definition) is 5. The number of nitrogens with zero attached hydrogens (tertiary/aromatic N) is 7. The lowest BCUT2D eigenvalue weighted by molar-refractivity contribution is -0.121. The molecular weight excluding hydrogens is 342 g/mol. The van der Waals surface area contributed by atoms with E-state index < -0.39 is 5.41 Å². The number of rotatable bonds is 1. The first kappa shape index (κ1) is 14.6. The first-order valence-electron chi connectivity index (χ1n) is 8.88. The van der Waals surface area contributed by atoms with Crippen LogP contribution in [0.15, 0.2) is 49.3 Å². The predicted octanol–water partition coefficient (Wildman–Crippen LogP) is 1.52. The SMILES string of the molecule is CCN1C(=O)C2(Cc3nccn3-c3ncn4ncnc4c32)c2ccccc21. The Balaban J connectivity index is 1.80. The lowest BCUT2D eigenvalue weighted by Gasteiger charge is -2.34. The lowest BCUT2D eigenvalue weighted by Crippen LogP contribution is -2.46. The third-order valence-electron chi connectivity index (χ3n) is 5.69. The molecule has 0 radical (unpaired) electrons. The molecule has 0 bridgehead atoms. The smallest absolute Gasteiger partial charge is 0.242 e. The summed E-state index contributed by atoms with van der Waals surface area (Å²) in [6.45, 7) is 2.60. The zero-order valence-electron chi connectivity index (χ0n) is 14.6. The van der Waals surface area contributed by atoms with E-state index in [0.29, 0.717) is 24.4 Å². The van der Waals surface area contributed by atoms with Gasteiger partial charge in [0.1, 0.15) is 29.7 Å². The number of benzene rings is 1. The highest BCUT2D eigenvalue weighted by Crippen LogP contribution is 2.51. The van der Waals surface area contributed by atoms with Crippen molar-refractivity contribution in [2.45, 2.75) is 18.8 Å².